The number of hydrogen-bond donors (Lipinski definition) is 1. The number of hydrogen-bond acceptors (Lipinski definition) is 3. The molecule has 0 spiro atoms. The molecule has 0 saturated carbocycles. The average Bonchev–Trinajstić information content (AvgIpc) is 3.16. The summed E-state index contributed by atoms with van der Waals surface area (Å²) < 4.78 is 6.28. The molecule has 5 nitrogen and oxygen atoms in total. The zero-order valence-corrected chi connectivity index (χ0v) is 20.6. The summed E-state index contributed by atoms with van der Waals surface area (Å²) in [5, 5.41) is 9.88. The third-order valence-corrected chi connectivity index (χ3v) is 6.55. The van der Waals surface area contributed by atoms with Gasteiger partial charge >= 0.3 is 5.97 Å². The van der Waals surface area contributed by atoms with Gasteiger partial charge in [-0.25, -0.2) is 0 Å². The van der Waals surface area contributed by atoms with Gasteiger partial charge in [-0.2, -0.15) is 0 Å². The molecule has 0 saturated heterocycles. The zero-order valence-electron chi connectivity index (χ0n) is 19.9. The molecule has 0 fully saturated rings. The Labute approximate surface area is 211 Å². The molecule has 0 aromatic heterocycles. The van der Waals surface area contributed by atoms with Crippen molar-refractivity contribution in [1.29, 1.82) is 0 Å². The number of aryl methyl sites for hydroxylation is 1. The van der Waals surface area contributed by atoms with Crippen LogP contribution in [-0.4, -0.2) is 40.6 Å². The molecule has 6 heteroatoms. The molecule has 0 bridgehead atoms. The first kappa shape index (κ1) is 24.8. The number of rotatable bonds is 10. The van der Waals surface area contributed by atoms with Crippen LogP contribution in [0.2, 0.25) is 5.02 Å². The van der Waals surface area contributed by atoms with E-state index in [0.29, 0.717) is 30.0 Å². The number of nitrogens with zero attached hydrogens (tertiary/aromatic N) is 1. The topological polar surface area (TPSA) is 66.8 Å². The second kappa shape index (κ2) is 11.0. The van der Waals surface area contributed by atoms with Crippen molar-refractivity contribution in [2.24, 2.45) is 0 Å². The van der Waals surface area contributed by atoms with Crippen LogP contribution in [0.15, 0.2) is 72.8 Å². The smallest absolute Gasteiger partial charge is 0.305 e. The van der Waals surface area contributed by atoms with Crippen LogP contribution in [0, 0.1) is 0 Å². The van der Waals surface area contributed by atoms with Gasteiger partial charge in [0.15, 0.2) is 0 Å². The van der Waals surface area contributed by atoms with Gasteiger partial charge in [-0.15, -0.1) is 0 Å². The van der Waals surface area contributed by atoms with Crippen molar-refractivity contribution in [1.82, 2.24) is 4.90 Å². The number of ether oxygens (including phenoxy) is 1. The maximum atomic E-state index is 13.4. The molecule has 3 aromatic carbocycles. The van der Waals surface area contributed by atoms with Gasteiger partial charge < -0.3 is 14.7 Å². The van der Waals surface area contributed by atoms with E-state index in [4.69, 9.17) is 16.3 Å². The van der Waals surface area contributed by atoms with Gasteiger partial charge in [-0.3, -0.25) is 9.59 Å². The Morgan fingerprint density at radius 1 is 1.00 bits per heavy atom. The van der Waals surface area contributed by atoms with Crippen LogP contribution in [0.4, 0.5) is 0 Å². The van der Waals surface area contributed by atoms with Gasteiger partial charge in [0.05, 0.1) is 6.42 Å². The molecule has 1 atom stereocenters. The molecule has 4 rings (SSSR count). The van der Waals surface area contributed by atoms with E-state index < -0.39 is 11.6 Å². The van der Waals surface area contributed by atoms with Crippen molar-refractivity contribution in [3.05, 3.63) is 100 Å². The van der Waals surface area contributed by atoms with Crippen molar-refractivity contribution in [3.63, 3.8) is 0 Å². The molecule has 182 valence electrons. The fraction of sp³-hybridized carbons (Fsp3) is 0.310. The SMILES string of the molecule is C[C@@]1(Cc2cccc(Cl)c2)Cc2cc(C(=O)N(CCCc3ccccc3)CCC(=O)O)ccc2O1. The maximum Gasteiger partial charge on any atom is 0.305 e. The highest BCUT2D eigenvalue weighted by Crippen LogP contribution is 2.38. The minimum absolute atomic E-state index is 0.0805. The molecule has 35 heavy (non-hydrogen) atoms. The Balaban J connectivity index is 1.44. The Hall–Kier alpha value is -3.31. The van der Waals surface area contributed by atoms with Crippen LogP contribution in [0.1, 0.15) is 46.8 Å². The molecule has 1 aliphatic heterocycles. The predicted octanol–water partition coefficient (Wildman–Crippen LogP) is 5.83. The molecule has 3 aromatic rings. The van der Waals surface area contributed by atoms with Crippen molar-refractivity contribution in [2.75, 3.05) is 13.1 Å². The summed E-state index contributed by atoms with van der Waals surface area (Å²) in [7, 11) is 0. The van der Waals surface area contributed by atoms with E-state index in [0.717, 1.165) is 29.7 Å². The van der Waals surface area contributed by atoms with Gasteiger partial charge in [-0.05, 0) is 66.8 Å². The second-order valence-electron chi connectivity index (χ2n) is 9.38. The fourth-order valence-electron chi connectivity index (χ4n) is 4.68. The van der Waals surface area contributed by atoms with Crippen molar-refractivity contribution >= 4 is 23.5 Å². The standard InChI is InChI=1S/C29H30ClNO4/c1-29(19-22-9-5-11-25(30)17-22)20-24-18-23(12-13-26(24)35-29)28(34)31(16-14-27(32)33)15-6-10-21-7-3-2-4-8-21/h2-5,7-9,11-13,17-18H,6,10,14-16,19-20H2,1H3,(H,32,33)/t29-/m1/s1. The highest BCUT2D eigenvalue weighted by Gasteiger charge is 2.35. The Morgan fingerprint density at radius 2 is 1.77 bits per heavy atom. The van der Waals surface area contributed by atoms with E-state index in [-0.39, 0.29) is 18.9 Å². The quantitative estimate of drug-likeness (QED) is 0.387. The molecule has 1 N–H and O–H groups in total. The highest BCUT2D eigenvalue weighted by molar-refractivity contribution is 6.30. The van der Waals surface area contributed by atoms with Gasteiger partial charge in [0.1, 0.15) is 11.4 Å². The molecular weight excluding hydrogens is 462 g/mol. The Morgan fingerprint density at radius 3 is 2.51 bits per heavy atom. The van der Waals surface area contributed by atoms with Gasteiger partial charge in [0.2, 0.25) is 0 Å². The van der Waals surface area contributed by atoms with Gasteiger partial charge in [0, 0.05) is 36.5 Å². The normalized spacial score (nSPS) is 16.4. The Kier molecular flexibility index (Phi) is 7.76. The van der Waals surface area contributed by atoms with Crippen LogP contribution in [-0.2, 0) is 24.1 Å². The Bertz CT molecular complexity index is 1200. The van der Waals surface area contributed by atoms with Gasteiger partial charge in [0.25, 0.3) is 5.91 Å². The minimum atomic E-state index is -0.912. The number of carboxylic acids is 1. The number of fused-ring (bicyclic) bond motifs is 1. The van der Waals surface area contributed by atoms with Gasteiger partial charge in [-0.1, -0.05) is 54.1 Å². The van der Waals surface area contributed by atoms with Crippen molar-refractivity contribution in [3.8, 4) is 5.75 Å². The second-order valence-corrected chi connectivity index (χ2v) is 9.82. The van der Waals surface area contributed by atoms with Crippen molar-refractivity contribution in [2.45, 2.75) is 44.6 Å². The van der Waals surface area contributed by atoms with E-state index in [1.165, 1.54) is 5.56 Å². The molecular formula is C29H30ClNO4. The number of aliphatic carboxylic acids is 1. The lowest BCUT2D eigenvalue weighted by molar-refractivity contribution is -0.137. The zero-order chi connectivity index (χ0) is 24.8. The number of carboxylic acid groups (broad SMARTS) is 1. The number of benzene rings is 3. The summed E-state index contributed by atoms with van der Waals surface area (Å²) in [5.74, 6) is -0.275. The summed E-state index contributed by atoms with van der Waals surface area (Å²) in [5.41, 5.74) is 3.43. The fourth-order valence-corrected chi connectivity index (χ4v) is 4.89. The molecule has 0 unspecified atom stereocenters. The van der Waals surface area contributed by atoms with E-state index in [2.05, 4.69) is 19.1 Å². The largest absolute Gasteiger partial charge is 0.487 e. The lowest BCUT2D eigenvalue weighted by Gasteiger charge is -2.24. The maximum absolute atomic E-state index is 13.4. The lowest BCUT2D eigenvalue weighted by Crippen LogP contribution is -2.34. The predicted molar refractivity (Wildman–Crippen MR) is 137 cm³/mol. The number of carbonyl (C=O) groups excluding carboxylic acids is 1. The first-order valence-electron chi connectivity index (χ1n) is 11.9. The molecule has 0 aliphatic carbocycles. The summed E-state index contributed by atoms with van der Waals surface area (Å²) in [6, 6.07) is 23.4. The number of carbonyl (C=O) groups is 2. The summed E-state index contributed by atoms with van der Waals surface area (Å²) in [4.78, 5) is 26.2. The molecule has 1 heterocycles. The summed E-state index contributed by atoms with van der Waals surface area (Å²) in [6.45, 7) is 2.75. The van der Waals surface area contributed by atoms with E-state index >= 15 is 0 Å². The molecule has 1 aliphatic rings. The first-order chi connectivity index (χ1) is 16.8. The van der Waals surface area contributed by atoms with Crippen LogP contribution in [0.3, 0.4) is 0 Å². The lowest BCUT2D eigenvalue weighted by atomic mass is 9.91. The summed E-state index contributed by atoms with van der Waals surface area (Å²) >= 11 is 6.15. The van der Waals surface area contributed by atoms with Crippen LogP contribution >= 0.6 is 11.6 Å². The average molecular weight is 492 g/mol. The summed E-state index contributed by atoms with van der Waals surface area (Å²) in [6.07, 6.45) is 2.90. The third kappa shape index (κ3) is 6.64. The number of halogens is 1. The van der Waals surface area contributed by atoms with E-state index in [1.807, 2.05) is 54.6 Å². The molecule has 0 radical (unpaired) electrons. The van der Waals surface area contributed by atoms with E-state index in [1.54, 1.807) is 11.0 Å². The monoisotopic (exact) mass is 491 g/mol. The van der Waals surface area contributed by atoms with Crippen LogP contribution in [0.5, 0.6) is 5.75 Å². The molecule has 1 amide bonds. The highest BCUT2D eigenvalue weighted by atomic mass is 35.5. The minimum Gasteiger partial charge on any atom is -0.487 e. The van der Waals surface area contributed by atoms with Crippen molar-refractivity contribution < 1.29 is 19.4 Å². The third-order valence-electron chi connectivity index (χ3n) is 6.31. The first-order valence-corrected chi connectivity index (χ1v) is 12.3. The number of amides is 1. The van der Waals surface area contributed by atoms with E-state index in [9.17, 15) is 14.7 Å². The van der Waals surface area contributed by atoms with Crippen LogP contribution < -0.4 is 4.74 Å². The van der Waals surface area contributed by atoms with Crippen LogP contribution in [0.25, 0.3) is 0 Å².